The fraction of sp³-hybridized carbons (Fsp3) is 0.556. The molecule has 1 N–H and O–H groups in total. The average molecular weight is 399 g/mol. The van der Waals surface area contributed by atoms with Crippen molar-refractivity contribution in [2.45, 2.75) is 30.4 Å². The van der Waals surface area contributed by atoms with Crippen molar-refractivity contribution in [1.82, 2.24) is 15.1 Å². The average Bonchev–Trinajstić information content (AvgIpc) is 2.66. The zero-order valence-electron chi connectivity index (χ0n) is 15.7. The third-order valence-electron chi connectivity index (χ3n) is 4.58. The molecule has 9 heteroatoms. The molecule has 0 aromatic heterocycles. The molecule has 27 heavy (non-hydrogen) atoms. The highest BCUT2D eigenvalue weighted by molar-refractivity contribution is 7.92. The van der Waals surface area contributed by atoms with E-state index < -0.39 is 26.8 Å². The van der Waals surface area contributed by atoms with Crippen LogP contribution in [0.4, 0.5) is 4.39 Å². The molecule has 0 aliphatic carbocycles. The molecule has 150 valence electrons. The maximum Gasteiger partial charge on any atom is 0.241 e. The van der Waals surface area contributed by atoms with Gasteiger partial charge in [-0.05, 0) is 37.6 Å². The predicted molar refractivity (Wildman–Crippen MR) is 99.4 cm³/mol. The van der Waals surface area contributed by atoms with Crippen LogP contribution in [-0.2, 0) is 19.4 Å². The molecule has 1 aromatic rings. The van der Waals surface area contributed by atoms with Gasteiger partial charge in [-0.1, -0.05) is 6.92 Å². The number of sulfone groups is 1. The highest BCUT2D eigenvalue weighted by atomic mass is 32.2. The van der Waals surface area contributed by atoms with Crippen LogP contribution >= 0.6 is 0 Å². The van der Waals surface area contributed by atoms with Gasteiger partial charge in [0.05, 0.1) is 11.4 Å². The molecular formula is C18H26FN3O4S. The standard InChI is InChI=1S/C18H26FN3O4S/c1-3-8-20-17(23)13-21-9-11-22(12-10-21)18(24)14(2)27(25,26)16-6-4-15(19)5-7-16/h4-7,14H,3,8-13H2,1-2H3,(H,20,23). The molecule has 1 unspecified atom stereocenters. The number of carbonyl (C=O) groups is 2. The first kappa shape index (κ1) is 21.3. The Morgan fingerprint density at radius 1 is 1.15 bits per heavy atom. The van der Waals surface area contributed by atoms with Gasteiger partial charge in [-0.3, -0.25) is 14.5 Å². The second-order valence-electron chi connectivity index (χ2n) is 6.59. The molecule has 2 amide bonds. The highest BCUT2D eigenvalue weighted by Gasteiger charge is 2.34. The summed E-state index contributed by atoms with van der Waals surface area (Å²) >= 11 is 0. The summed E-state index contributed by atoms with van der Waals surface area (Å²) in [4.78, 5) is 27.8. The minimum absolute atomic E-state index is 0.0520. The summed E-state index contributed by atoms with van der Waals surface area (Å²) < 4.78 is 38.2. The van der Waals surface area contributed by atoms with Crippen molar-refractivity contribution in [3.8, 4) is 0 Å². The minimum atomic E-state index is -3.88. The Kier molecular flexibility index (Phi) is 7.32. The molecule has 1 fully saturated rings. The number of nitrogens with one attached hydrogen (secondary N) is 1. The van der Waals surface area contributed by atoms with Gasteiger partial charge >= 0.3 is 0 Å². The summed E-state index contributed by atoms with van der Waals surface area (Å²) in [5.41, 5.74) is 0. The van der Waals surface area contributed by atoms with Crippen LogP contribution in [0, 0.1) is 5.82 Å². The smallest absolute Gasteiger partial charge is 0.241 e. The van der Waals surface area contributed by atoms with Gasteiger partial charge in [-0.15, -0.1) is 0 Å². The van der Waals surface area contributed by atoms with Crippen molar-refractivity contribution in [2.75, 3.05) is 39.3 Å². The number of carbonyl (C=O) groups excluding carboxylic acids is 2. The van der Waals surface area contributed by atoms with Gasteiger partial charge in [0.1, 0.15) is 11.1 Å². The van der Waals surface area contributed by atoms with Gasteiger partial charge < -0.3 is 10.2 Å². The maximum atomic E-state index is 13.0. The van der Waals surface area contributed by atoms with Gasteiger partial charge in [0.25, 0.3) is 0 Å². The number of benzene rings is 1. The molecule has 0 spiro atoms. The van der Waals surface area contributed by atoms with Crippen molar-refractivity contribution in [1.29, 1.82) is 0 Å². The van der Waals surface area contributed by atoms with E-state index in [1.165, 1.54) is 24.0 Å². The first-order valence-electron chi connectivity index (χ1n) is 9.03. The van der Waals surface area contributed by atoms with E-state index in [-0.39, 0.29) is 17.3 Å². The molecule has 0 radical (unpaired) electrons. The molecule has 1 aliphatic rings. The molecule has 0 bridgehead atoms. The van der Waals surface area contributed by atoms with E-state index in [0.29, 0.717) is 32.7 Å². The second kappa shape index (κ2) is 9.27. The largest absolute Gasteiger partial charge is 0.355 e. The van der Waals surface area contributed by atoms with Gasteiger partial charge in [-0.2, -0.15) is 0 Å². The number of piperazine rings is 1. The van der Waals surface area contributed by atoms with Crippen LogP contribution in [0.5, 0.6) is 0 Å². The third kappa shape index (κ3) is 5.49. The molecule has 1 aromatic carbocycles. The Balaban J connectivity index is 1.93. The van der Waals surface area contributed by atoms with Crippen LogP contribution in [0.2, 0.25) is 0 Å². The minimum Gasteiger partial charge on any atom is -0.355 e. The molecular weight excluding hydrogens is 373 g/mol. The summed E-state index contributed by atoms with van der Waals surface area (Å²) in [7, 11) is -3.88. The molecule has 2 rings (SSSR count). The maximum absolute atomic E-state index is 13.0. The third-order valence-corrected chi connectivity index (χ3v) is 6.64. The Morgan fingerprint density at radius 3 is 2.30 bits per heavy atom. The molecule has 7 nitrogen and oxygen atoms in total. The van der Waals surface area contributed by atoms with E-state index >= 15 is 0 Å². The lowest BCUT2D eigenvalue weighted by Crippen LogP contribution is -2.53. The van der Waals surface area contributed by atoms with Crippen LogP contribution in [0.25, 0.3) is 0 Å². The number of hydrogen-bond donors (Lipinski definition) is 1. The highest BCUT2D eigenvalue weighted by Crippen LogP contribution is 2.19. The molecule has 1 heterocycles. The summed E-state index contributed by atoms with van der Waals surface area (Å²) in [5.74, 6) is -1.06. The molecule has 1 saturated heterocycles. The lowest BCUT2D eigenvalue weighted by Gasteiger charge is -2.35. The van der Waals surface area contributed by atoms with E-state index in [0.717, 1.165) is 18.6 Å². The number of amides is 2. The van der Waals surface area contributed by atoms with Crippen LogP contribution in [-0.4, -0.2) is 74.6 Å². The van der Waals surface area contributed by atoms with E-state index in [4.69, 9.17) is 0 Å². The SMILES string of the molecule is CCCNC(=O)CN1CCN(C(=O)C(C)S(=O)(=O)c2ccc(F)cc2)CC1. The Labute approximate surface area is 159 Å². The summed E-state index contributed by atoms with van der Waals surface area (Å²) in [6, 6.07) is 4.46. The van der Waals surface area contributed by atoms with E-state index in [1.54, 1.807) is 0 Å². The lowest BCUT2D eigenvalue weighted by atomic mass is 10.2. The number of halogens is 1. The Hall–Kier alpha value is -2.00. The van der Waals surface area contributed by atoms with Crippen molar-refractivity contribution >= 4 is 21.7 Å². The van der Waals surface area contributed by atoms with Crippen molar-refractivity contribution in [3.63, 3.8) is 0 Å². The first-order chi connectivity index (χ1) is 12.8. The summed E-state index contributed by atoms with van der Waals surface area (Å²) in [6.07, 6.45) is 0.869. The van der Waals surface area contributed by atoms with Gasteiger partial charge in [0.15, 0.2) is 9.84 Å². The predicted octanol–water partition coefficient (Wildman–Crippen LogP) is 0.658. The van der Waals surface area contributed by atoms with Crippen LogP contribution in [0.3, 0.4) is 0 Å². The van der Waals surface area contributed by atoms with Crippen molar-refractivity contribution < 1.29 is 22.4 Å². The Bertz CT molecular complexity index is 759. The number of nitrogens with zero attached hydrogens (tertiary/aromatic N) is 2. The van der Waals surface area contributed by atoms with Crippen LogP contribution < -0.4 is 5.32 Å². The van der Waals surface area contributed by atoms with E-state index in [9.17, 15) is 22.4 Å². The van der Waals surface area contributed by atoms with Gasteiger partial charge in [0, 0.05) is 32.7 Å². The van der Waals surface area contributed by atoms with Gasteiger partial charge in [-0.25, -0.2) is 12.8 Å². The fourth-order valence-electron chi connectivity index (χ4n) is 2.87. The van der Waals surface area contributed by atoms with Crippen LogP contribution in [0.15, 0.2) is 29.2 Å². The zero-order valence-corrected chi connectivity index (χ0v) is 16.5. The van der Waals surface area contributed by atoms with Gasteiger partial charge in [0.2, 0.25) is 11.8 Å². The molecule has 0 saturated carbocycles. The van der Waals surface area contributed by atoms with E-state index in [2.05, 4.69) is 5.32 Å². The lowest BCUT2D eigenvalue weighted by molar-refractivity contribution is -0.132. The molecule has 1 atom stereocenters. The zero-order chi connectivity index (χ0) is 20.0. The van der Waals surface area contributed by atoms with Crippen molar-refractivity contribution in [3.05, 3.63) is 30.1 Å². The Morgan fingerprint density at radius 2 is 1.74 bits per heavy atom. The first-order valence-corrected chi connectivity index (χ1v) is 10.6. The number of hydrogen-bond acceptors (Lipinski definition) is 5. The molecule has 1 aliphatic heterocycles. The quantitative estimate of drug-likeness (QED) is 0.681. The van der Waals surface area contributed by atoms with Crippen molar-refractivity contribution in [2.24, 2.45) is 0 Å². The topological polar surface area (TPSA) is 86.8 Å². The number of rotatable bonds is 7. The fourth-order valence-corrected chi connectivity index (χ4v) is 4.21. The summed E-state index contributed by atoms with van der Waals surface area (Å²) in [6.45, 7) is 5.98. The monoisotopic (exact) mass is 399 g/mol. The normalized spacial score (nSPS) is 16.8. The van der Waals surface area contributed by atoms with E-state index in [1.807, 2.05) is 11.8 Å². The second-order valence-corrected chi connectivity index (χ2v) is 8.86. The summed E-state index contributed by atoms with van der Waals surface area (Å²) in [5, 5.41) is 1.56. The van der Waals surface area contributed by atoms with Crippen LogP contribution in [0.1, 0.15) is 20.3 Å².